The maximum Gasteiger partial charge on any atom is 0.124 e. The summed E-state index contributed by atoms with van der Waals surface area (Å²) in [5.41, 5.74) is 17.3. The quantitative estimate of drug-likeness (QED) is 0.194. The summed E-state index contributed by atoms with van der Waals surface area (Å²) >= 11 is 0. The van der Waals surface area contributed by atoms with Gasteiger partial charge in [-0.15, -0.1) is 0 Å². The number of hydrogen-bond donors (Lipinski definition) is 0. The summed E-state index contributed by atoms with van der Waals surface area (Å²) in [5.74, 6) is 1.07. The number of aryl methyl sites for hydroxylation is 1. The Hall–Kier alpha value is -5.73. The molecule has 2 heteroatoms. The minimum absolute atomic E-state index is 0.198. The highest BCUT2D eigenvalue weighted by Gasteiger charge is 2.51. The van der Waals surface area contributed by atoms with Crippen molar-refractivity contribution in [2.45, 2.75) is 31.1 Å². The fraction of sp³-hybridized carbons (Fsp3) is 0.109. The highest BCUT2D eigenvalue weighted by atomic mass is 15.1. The second-order valence-electron chi connectivity index (χ2n) is 13.9. The molecule has 3 aliphatic rings. The van der Waals surface area contributed by atoms with Gasteiger partial charge in [0, 0.05) is 11.1 Å². The molecular weight excluding hydrogens is 581 g/mol. The summed E-state index contributed by atoms with van der Waals surface area (Å²) < 4.78 is 2.37. The number of rotatable bonds is 3. The third kappa shape index (κ3) is 3.60. The van der Waals surface area contributed by atoms with Gasteiger partial charge in [-0.25, -0.2) is 4.98 Å². The predicted octanol–water partition coefficient (Wildman–Crippen LogP) is 11.1. The van der Waals surface area contributed by atoms with E-state index in [1.807, 2.05) is 0 Å². The van der Waals surface area contributed by atoms with Crippen LogP contribution < -0.4 is 0 Å². The Morgan fingerprint density at radius 1 is 0.583 bits per heavy atom. The Labute approximate surface area is 281 Å². The molecule has 0 amide bonds. The summed E-state index contributed by atoms with van der Waals surface area (Å²) in [6.45, 7) is 4.51. The van der Waals surface area contributed by atoms with Crippen LogP contribution in [0.1, 0.15) is 47.0 Å². The van der Waals surface area contributed by atoms with Crippen molar-refractivity contribution >= 4 is 11.0 Å². The Kier molecular flexibility index (Phi) is 5.64. The van der Waals surface area contributed by atoms with Crippen LogP contribution in [0.3, 0.4) is 0 Å². The lowest BCUT2D eigenvalue weighted by Gasteiger charge is -2.31. The van der Waals surface area contributed by atoms with Crippen LogP contribution in [-0.4, -0.2) is 9.55 Å². The maximum absolute atomic E-state index is 5.23. The van der Waals surface area contributed by atoms with Crippen molar-refractivity contribution in [3.63, 3.8) is 0 Å². The minimum Gasteiger partial charge on any atom is -0.296 e. The van der Waals surface area contributed by atoms with Gasteiger partial charge in [0.2, 0.25) is 0 Å². The zero-order chi connectivity index (χ0) is 32.0. The summed E-state index contributed by atoms with van der Waals surface area (Å²) in [4.78, 5) is 5.23. The van der Waals surface area contributed by atoms with Crippen LogP contribution in [0.4, 0.5) is 0 Å². The standard InChI is InChI=1S/C46H34N2/c1-30-21-23-36-37-24-22-32(29-41(37)46(40(36)27-30)38-17-6-4-15-34(38)35-16-5-7-18-39(35)46)31-13-12-14-33(28-31)48-43-20-9-8-19-42(43)47-44(48)45(2)25-10-3-11-26-45/h3-25,27-29H,26H2,1-2H3. The van der Waals surface area contributed by atoms with E-state index in [4.69, 9.17) is 4.98 Å². The van der Waals surface area contributed by atoms with Gasteiger partial charge in [-0.3, -0.25) is 4.57 Å². The van der Waals surface area contributed by atoms with E-state index in [0.29, 0.717) is 0 Å². The number of hydrogen-bond acceptors (Lipinski definition) is 1. The molecule has 0 N–H and O–H groups in total. The van der Waals surface area contributed by atoms with Gasteiger partial charge in [-0.05, 0) is 106 Å². The number of imidazole rings is 1. The van der Waals surface area contributed by atoms with Crippen molar-refractivity contribution in [1.29, 1.82) is 0 Å². The second-order valence-corrected chi connectivity index (χ2v) is 13.9. The Morgan fingerprint density at radius 2 is 1.25 bits per heavy atom. The highest BCUT2D eigenvalue weighted by molar-refractivity contribution is 5.96. The van der Waals surface area contributed by atoms with E-state index in [-0.39, 0.29) is 10.8 Å². The van der Waals surface area contributed by atoms with Crippen LogP contribution in [-0.2, 0) is 10.8 Å². The van der Waals surface area contributed by atoms with E-state index in [2.05, 4.69) is 176 Å². The average molecular weight is 615 g/mol. The monoisotopic (exact) mass is 614 g/mol. The largest absolute Gasteiger partial charge is 0.296 e. The van der Waals surface area contributed by atoms with Crippen molar-refractivity contribution in [2.24, 2.45) is 0 Å². The summed E-state index contributed by atoms with van der Waals surface area (Å²) in [7, 11) is 0. The average Bonchev–Trinajstić information content (AvgIpc) is 3.76. The van der Waals surface area contributed by atoms with E-state index in [9.17, 15) is 0 Å². The van der Waals surface area contributed by atoms with Crippen molar-refractivity contribution < 1.29 is 0 Å². The van der Waals surface area contributed by atoms with E-state index in [1.165, 1.54) is 61.2 Å². The second kappa shape index (κ2) is 9.89. The SMILES string of the molecule is Cc1ccc2c(c1)C1(c3ccccc3-c3ccccc31)c1cc(-c3cccc(-n4c(C5(C)C=CC=CC5)nc5ccccc54)c3)ccc1-2. The molecule has 0 fully saturated rings. The van der Waals surface area contributed by atoms with E-state index in [0.717, 1.165) is 29.0 Å². The van der Waals surface area contributed by atoms with E-state index < -0.39 is 0 Å². The van der Waals surface area contributed by atoms with Crippen molar-refractivity contribution in [3.8, 4) is 39.1 Å². The molecular formula is C46H34N2. The maximum atomic E-state index is 5.23. The Bertz CT molecular complexity index is 2480. The molecule has 6 aromatic carbocycles. The van der Waals surface area contributed by atoms with Gasteiger partial charge in [-0.1, -0.05) is 133 Å². The van der Waals surface area contributed by atoms with Crippen LogP contribution in [0.15, 0.2) is 158 Å². The van der Waals surface area contributed by atoms with Gasteiger partial charge < -0.3 is 0 Å². The minimum atomic E-state index is -0.360. The number of aromatic nitrogens is 2. The fourth-order valence-corrected chi connectivity index (χ4v) is 8.82. The van der Waals surface area contributed by atoms with E-state index in [1.54, 1.807) is 0 Å². The third-order valence-corrected chi connectivity index (χ3v) is 11.0. The lowest BCUT2D eigenvalue weighted by molar-refractivity contribution is 0.550. The summed E-state index contributed by atoms with van der Waals surface area (Å²) in [6.07, 6.45) is 9.76. The summed E-state index contributed by atoms with van der Waals surface area (Å²) in [6, 6.07) is 49.8. The van der Waals surface area contributed by atoms with E-state index >= 15 is 0 Å². The lowest BCUT2D eigenvalue weighted by Crippen LogP contribution is -2.26. The molecule has 1 unspecified atom stereocenters. The molecule has 1 atom stereocenters. The van der Waals surface area contributed by atoms with Crippen LogP contribution in [0, 0.1) is 6.92 Å². The molecule has 0 aliphatic heterocycles. The number of benzene rings is 6. The molecule has 1 aromatic heterocycles. The van der Waals surface area contributed by atoms with Crippen LogP contribution in [0.2, 0.25) is 0 Å². The van der Waals surface area contributed by atoms with Gasteiger partial charge in [-0.2, -0.15) is 0 Å². The van der Waals surface area contributed by atoms with Crippen molar-refractivity contribution in [1.82, 2.24) is 9.55 Å². The molecule has 0 saturated carbocycles. The first-order valence-corrected chi connectivity index (χ1v) is 16.9. The number of para-hydroxylation sites is 2. The van der Waals surface area contributed by atoms with Gasteiger partial charge >= 0.3 is 0 Å². The normalized spacial score (nSPS) is 17.8. The molecule has 2 nitrogen and oxygen atoms in total. The topological polar surface area (TPSA) is 17.8 Å². The van der Waals surface area contributed by atoms with Crippen LogP contribution >= 0.6 is 0 Å². The van der Waals surface area contributed by atoms with Crippen molar-refractivity contribution in [2.75, 3.05) is 0 Å². The number of nitrogens with zero attached hydrogens (tertiary/aromatic N) is 2. The first kappa shape index (κ1) is 27.4. The molecule has 0 saturated heterocycles. The zero-order valence-corrected chi connectivity index (χ0v) is 27.1. The van der Waals surface area contributed by atoms with Gasteiger partial charge in [0.25, 0.3) is 0 Å². The predicted molar refractivity (Wildman–Crippen MR) is 198 cm³/mol. The van der Waals surface area contributed by atoms with Gasteiger partial charge in [0.15, 0.2) is 0 Å². The fourth-order valence-electron chi connectivity index (χ4n) is 8.82. The first-order chi connectivity index (χ1) is 23.6. The lowest BCUT2D eigenvalue weighted by atomic mass is 9.70. The molecule has 3 aliphatic carbocycles. The molecule has 48 heavy (non-hydrogen) atoms. The number of allylic oxidation sites excluding steroid dienone is 4. The highest BCUT2D eigenvalue weighted by Crippen LogP contribution is 2.63. The molecule has 1 heterocycles. The molecule has 0 radical (unpaired) electrons. The first-order valence-electron chi connectivity index (χ1n) is 16.9. The Balaban J connectivity index is 1.20. The molecule has 228 valence electrons. The zero-order valence-electron chi connectivity index (χ0n) is 27.1. The number of fused-ring (bicyclic) bond motifs is 11. The van der Waals surface area contributed by atoms with Gasteiger partial charge in [0.1, 0.15) is 5.82 Å². The Morgan fingerprint density at radius 3 is 2.02 bits per heavy atom. The van der Waals surface area contributed by atoms with Crippen molar-refractivity contribution in [3.05, 3.63) is 191 Å². The molecule has 10 rings (SSSR count). The third-order valence-electron chi connectivity index (χ3n) is 11.0. The smallest absolute Gasteiger partial charge is 0.124 e. The molecule has 0 bridgehead atoms. The van der Waals surface area contributed by atoms with Crippen LogP contribution in [0.25, 0.3) is 50.1 Å². The summed E-state index contributed by atoms with van der Waals surface area (Å²) in [5, 5.41) is 0. The molecule has 7 aromatic rings. The van der Waals surface area contributed by atoms with Gasteiger partial charge in [0.05, 0.1) is 16.4 Å². The molecule has 1 spiro atoms. The van der Waals surface area contributed by atoms with Crippen LogP contribution in [0.5, 0.6) is 0 Å².